The molecule has 0 aliphatic rings. The highest BCUT2D eigenvalue weighted by atomic mass is 32.2. The second kappa shape index (κ2) is 5.68. The predicted octanol–water partition coefficient (Wildman–Crippen LogP) is 1.60. The topological polar surface area (TPSA) is 80.4 Å². The smallest absolute Gasteiger partial charge is 0.159 e. The average Bonchev–Trinajstić information content (AvgIpc) is 2.79. The average molecular weight is 303 g/mol. The van der Waals surface area contributed by atoms with E-state index in [-0.39, 0.29) is 11.3 Å². The fourth-order valence-corrected chi connectivity index (χ4v) is 3.08. The minimum atomic E-state index is -3.71. The van der Waals surface area contributed by atoms with Crippen molar-refractivity contribution in [1.82, 2.24) is 5.16 Å². The van der Waals surface area contributed by atoms with Gasteiger partial charge in [0.05, 0.1) is 23.3 Å². The highest BCUT2D eigenvalue weighted by Gasteiger charge is 2.22. The predicted molar refractivity (Wildman–Crippen MR) is 65.3 cm³/mol. The summed E-state index contributed by atoms with van der Waals surface area (Å²) in [6.45, 7) is 0. The lowest BCUT2D eigenvalue weighted by Crippen LogP contribution is -2.17. The Morgan fingerprint density at radius 1 is 1.30 bits per heavy atom. The zero-order valence-electron chi connectivity index (χ0n) is 10.2. The summed E-state index contributed by atoms with van der Waals surface area (Å²) in [5.74, 6) is -2.91. The Kier molecular flexibility index (Phi) is 4.15. The maximum absolute atomic E-state index is 13.4. The van der Waals surface area contributed by atoms with Crippen molar-refractivity contribution in [2.45, 2.75) is 11.9 Å². The van der Waals surface area contributed by atoms with Gasteiger partial charge in [-0.15, -0.1) is 0 Å². The van der Waals surface area contributed by atoms with Crippen molar-refractivity contribution < 1.29 is 26.8 Å². The molecule has 8 heteroatoms. The van der Waals surface area contributed by atoms with Crippen molar-refractivity contribution in [3.05, 3.63) is 53.4 Å². The third-order valence-electron chi connectivity index (χ3n) is 2.59. The number of benzene rings is 1. The van der Waals surface area contributed by atoms with Crippen LogP contribution in [0.2, 0.25) is 0 Å². The van der Waals surface area contributed by atoms with Crippen LogP contribution in [0.1, 0.15) is 17.4 Å². The first-order chi connectivity index (χ1) is 9.37. The van der Waals surface area contributed by atoms with E-state index in [1.165, 1.54) is 12.3 Å². The van der Waals surface area contributed by atoms with Gasteiger partial charge in [-0.05, 0) is 6.07 Å². The molecule has 5 nitrogen and oxygen atoms in total. The number of halogens is 2. The molecule has 0 radical (unpaired) electrons. The molecule has 1 aromatic heterocycles. The molecule has 0 fully saturated rings. The molecule has 1 N–H and O–H groups in total. The lowest BCUT2D eigenvalue weighted by Gasteiger charge is -2.12. The Bertz CT molecular complexity index is 685. The molecule has 1 atom stereocenters. The van der Waals surface area contributed by atoms with E-state index in [9.17, 15) is 22.3 Å². The maximum atomic E-state index is 13.4. The van der Waals surface area contributed by atoms with E-state index in [0.717, 1.165) is 12.1 Å². The summed E-state index contributed by atoms with van der Waals surface area (Å²) in [5, 5.41) is 13.2. The standard InChI is InChI=1S/C12H11F2NO4S/c13-8-1-2-10(11(14)5-8)12(16)7-20(17,18)6-9-3-4-19-15-9/h1-5,12,16H,6-7H2. The number of sulfone groups is 1. The Balaban J connectivity index is 2.12. The fourth-order valence-electron chi connectivity index (χ4n) is 1.70. The van der Waals surface area contributed by atoms with Crippen LogP contribution >= 0.6 is 0 Å². The van der Waals surface area contributed by atoms with Crippen molar-refractivity contribution in [3.8, 4) is 0 Å². The van der Waals surface area contributed by atoms with Crippen molar-refractivity contribution in [1.29, 1.82) is 0 Å². The number of aliphatic hydroxyl groups excluding tert-OH is 1. The van der Waals surface area contributed by atoms with E-state index in [1.54, 1.807) is 0 Å². The molecule has 1 unspecified atom stereocenters. The summed E-state index contributed by atoms with van der Waals surface area (Å²) >= 11 is 0. The van der Waals surface area contributed by atoms with Crippen LogP contribution in [0, 0.1) is 11.6 Å². The summed E-state index contributed by atoms with van der Waals surface area (Å²) in [4.78, 5) is 0. The van der Waals surface area contributed by atoms with Crippen LogP contribution in [-0.4, -0.2) is 24.4 Å². The Morgan fingerprint density at radius 3 is 2.65 bits per heavy atom. The normalized spacial score (nSPS) is 13.3. The molecule has 0 saturated carbocycles. The fraction of sp³-hybridized carbons (Fsp3) is 0.250. The van der Waals surface area contributed by atoms with Crippen molar-refractivity contribution in [3.63, 3.8) is 0 Å². The number of aromatic nitrogens is 1. The minimum Gasteiger partial charge on any atom is -0.387 e. The van der Waals surface area contributed by atoms with Crippen LogP contribution in [0.25, 0.3) is 0 Å². The summed E-state index contributed by atoms with van der Waals surface area (Å²) in [6, 6.07) is 3.93. The van der Waals surface area contributed by atoms with E-state index < -0.39 is 39.1 Å². The quantitative estimate of drug-likeness (QED) is 0.907. The van der Waals surface area contributed by atoms with Gasteiger partial charge in [0.25, 0.3) is 0 Å². The second-order valence-electron chi connectivity index (χ2n) is 4.23. The first kappa shape index (κ1) is 14.6. The monoisotopic (exact) mass is 303 g/mol. The molecule has 108 valence electrons. The van der Waals surface area contributed by atoms with E-state index in [4.69, 9.17) is 0 Å². The van der Waals surface area contributed by atoms with Gasteiger partial charge in [0.2, 0.25) is 0 Å². The van der Waals surface area contributed by atoms with Gasteiger partial charge in [-0.1, -0.05) is 11.2 Å². The van der Waals surface area contributed by atoms with Crippen LogP contribution in [0.3, 0.4) is 0 Å². The largest absolute Gasteiger partial charge is 0.387 e. The summed E-state index contributed by atoms with van der Waals surface area (Å²) < 4.78 is 54.3. The lowest BCUT2D eigenvalue weighted by molar-refractivity contribution is 0.196. The van der Waals surface area contributed by atoms with Gasteiger partial charge in [-0.2, -0.15) is 0 Å². The van der Waals surface area contributed by atoms with E-state index in [0.29, 0.717) is 6.07 Å². The summed E-state index contributed by atoms with van der Waals surface area (Å²) in [7, 11) is -3.71. The minimum absolute atomic E-state index is 0.191. The van der Waals surface area contributed by atoms with Gasteiger partial charge in [-0.25, -0.2) is 17.2 Å². The zero-order valence-corrected chi connectivity index (χ0v) is 11.0. The van der Waals surface area contributed by atoms with Gasteiger partial charge in [-0.3, -0.25) is 0 Å². The second-order valence-corrected chi connectivity index (χ2v) is 6.34. The highest BCUT2D eigenvalue weighted by Crippen LogP contribution is 2.20. The van der Waals surface area contributed by atoms with E-state index in [2.05, 4.69) is 9.68 Å². The Morgan fingerprint density at radius 2 is 2.05 bits per heavy atom. The van der Waals surface area contributed by atoms with Gasteiger partial charge in [0.15, 0.2) is 9.84 Å². The van der Waals surface area contributed by atoms with Crippen molar-refractivity contribution >= 4 is 9.84 Å². The third kappa shape index (κ3) is 3.61. The first-order valence-corrected chi connectivity index (χ1v) is 7.42. The molecule has 0 aliphatic carbocycles. The van der Waals surface area contributed by atoms with Crippen LogP contribution in [0.5, 0.6) is 0 Å². The molecule has 0 saturated heterocycles. The van der Waals surface area contributed by atoms with Crippen molar-refractivity contribution in [2.75, 3.05) is 5.75 Å². The van der Waals surface area contributed by atoms with E-state index in [1.807, 2.05) is 0 Å². The number of aliphatic hydroxyl groups is 1. The number of hydrogen-bond donors (Lipinski definition) is 1. The van der Waals surface area contributed by atoms with Gasteiger partial charge in [0.1, 0.15) is 17.9 Å². The molecule has 0 aliphatic heterocycles. The first-order valence-electron chi connectivity index (χ1n) is 5.60. The number of nitrogens with zero attached hydrogens (tertiary/aromatic N) is 1. The highest BCUT2D eigenvalue weighted by molar-refractivity contribution is 7.90. The molecule has 20 heavy (non-hydrogen) atoms. The lowest BCUT2D eigenvalue weighted by atomic mass is 10.1. The van der Waals surface area contributed by atoms with E-state index >= 15 is 0 Å². The molecule has 0 bridgehead atoms. The molecule has 0 spiro atoms. The van der Waals surface area contributed by atoms with Crippen LogP contribution in [0.4, 0.5) is 8.78 Å². The molecule has 1 heterocycles. The molecular formula is C12H11F2NO4S. The molecule has 2 aromatic rings. The molecule has 0 amide bonds. The Labute approximate surface area is 113 Å². The van der Waals surface area contributed by atoms with Crippen LogP contribution < -0.4 is 0 Å². The van der Waals surface area contributed by atoms with Crippen LogP contribution in [-0.2, 0) is 15.6 Å². The summed E-state index contributed by atoms with van der Waals surface area (Å²) in [5.41, 5.74) is -0.0769. The molecule has 1 aromatic carbocycles. The van der Waals surface area contributed by atoms with Gasteiger partial charge < -0.3 is 9.63 Å². The number of hydrogen-bond acceptors (Lipinski definition) is 5. The Hall–Kier alpha value is -1.80. The van der Waals surface area contributed by atoms with Crippen molar-refractivity contribution in [2.24, 2.45) is 0 Å². The SMILES string of the molecule is O=S(=O)(Cc1ccon1)CC(O)c1ccc(F)cc1F. The molecule has 2 rings (SSSR count). The van der Waals surface area contributed by atoms with Crippen LogP contribution in [0.15, 0.2) is 35.1 Å². The zero-order chi connectivity index (χ0) is 14.8. The summed E-state index contributed by atoms with van der Waals surface area (Å²) in [6.07, 6.45) is -0.353. The molecular weight excluding hydrogens is 292 g/mol. The number of rotatable bonds is 5. The van der Waals surface area contributed by atoms with Gasteiger partial charge >= 0.3 is 0 Å². The van der Waals surface area contributed by atoms with Gasteiger partial charge in [0, 0.05) is 17.7 Å². The maximum Gasteiger partial charge on any atom is 0.159 e. The third-order valence-corrected chi connectivity index (χ3v) is 4.15.